The van der Waals surface area contributed by atoms with Crippen molar-refractivity contribution in [1.82, 2.24) is 9.88 Å². The van der Waals surface area contributed by atoms with Crippen molar-refractivity contribution in [2.24, 2.45) is 7.05 Å². The Morgan fingerprint density at radius 2 is 1.55 bits per heavy atom. The fourth-order valence-electron chi connectivity index (χ4n) is 3.99. The van der Waals surface area contributed by atoms with Crippen LogP contribution in [0, 0.1) is 0 Å². The van der Waals surface area contributed by atoms with Gasteiger partial charge in [0.15, 0.2) is 0 Å². The van der Waals surface area contributed by atoms with Gasteiger partial charge in [0.1, 0.15) is 0 Å². The van der Waals surface area contributed by atoms with Gasteiger partial charge >= 0.3 is 0 Å². The van der Waals surface area contributed by atoms with Gasteiger partial charge in [-0.3, -0.25) is 4.79 Å². The zero-order valence-corrected chi connectivity index (χ0v) is 16.7. The van der Waals surface area contributed by atoms with Crippen LogP contribution in [0.2, 0.25) is 0 Å². The topological polar surface area (TPSA) is 34.0 Å². The smallest absolute Gasteiger partial charge is 0.220 e. The number of para-hydroxylation sites is 1. The SMILES string of the molecule is Cn1cc(C(CC(=O)NCCc2ccccc2)c2ccccc2)c2ccccc21. The molecule has 0 fully saturated rings. The van der Waals surface area contributed by atoms with Gasteiger partial charge in [-0.25, -0.2) is 0 Å². The highest BCUT2D eigenvalue weighted by Gasteiger charge is 2.22. The molecule has 146 valence electrons. The minimum Gasteiger partial charge on any atom is -0.356 e. The van der Waals surface area contributed by atoms with E-state index in [1.54, 1.807) is 0 Å². The van der Waals surface area contributed by atoms with Crippen molar-refractivity contribution >= 4 is 16.8 Å². The van der Waals surface area contributed by atoms with Crippen molar-refractivity contribution in [3.63, 3.8) is 0 Å². The predicted octanol–water partition coefficient (Wildman–Crippen LogP) is 5.06. The number of hydrogen-bond acceptors (Lipinski definition) is 1. The Morgan fingerprint density at radius 1 is 0.897 bits per heavy atom. The van der Waals surface area contributed by atoms with Crippen molar-refractivity contribution in [3.8, 4) is 0 Å². The molecule has 0 bridgehead atoms. The van der Waals surface area contributed by atoms with Gasteiger partial charge in [-0.2, -0.15) is 0 Å². The van der Waals surface area contributed by atoms with E-state index in [9.17, 15) is 4.79 Å². The van der Waals surface area contributed by atoms with E-state index in [4.69, 9.17) is 0 Å². The number of fused-ring (bicyclic) bond motifs is 1. The van der Waals surface area contributed by atoms with Crippen molar-refractivity contribution < 1.29 is 4.79 Å². The fraction of sp³-hybridized carbons (Fsp3) is 0.192. The normalized spacial score (nSPS) is 12.0. The van der Waals surface area contributed by atoms with Crippen LogP contribution in [-0.4, -0.2) is 17.0 Å². The Kier molecular flexibility index (Phi) is 5.76. The number of nitrogens with zero attached hydrogens (tertiary/aromatic N) is 1. The molecule has 0 aliphatic heterocycles. The van der Waals surface area contributed by atoms with Crippen LogP contribution in [-0.2, 0) is 18.3 Å². The number of rotatable bonds is 7. The average Bonchev–Trinajstić information content (AvgIpc) is 3.10. The molecule has 1 amide bonds. The first-order valence-electron chi connectivity index (χ1n) is 10.1. The molecule has 29 heavy (non-hydrogen) atoms. The van der Waals surface area contributed by atoms with Crippen LogP contribution in [0.25, 0.3) is 10.9 Å². The van der Waals surface area contributed by atoms with E-state index in [-0.39, 0.29) is 11.8 Å². The summed E-state index contributed by atoms with van der Waals surface area (Å²) >= 11 is 0. The number of aromatic nitrogens is 1. The van der Waals surface area contributed by atoms with E-state index in [0.717, 1.165) is 6.42 Å². The molecule has 0 spiro atoms. The van der Waals surface area contributed by atoms with E-state index in [0.29, 0.717) is 13.0 Å². The quantitative estimate of drug-likeness (QED) is 0.476. The van der Waals surface area contributed by atoms with Crippen LogP contribution in [0.15, 0.2) is 91.1 Å². The number of carbonyl (C=O) groups excluding carboxylic acids is 1. The first-order chi connectivity index (χ1) is 14.2. The third-order valence-electron chi connectivity index (χ3n) is 5.47. The highest BCUT2D eigenvalue weighted by molar-refractivity contribution is 5.86. The minimum absolute atomic E-state index is 0.0269. The number of amides is 1. The second kappa shape index (κ2) is 8.78. The molecule has 1 aromatic heterocycles. The molecule has 1 N–H and O–H groups in total. The fourth-order valence-corrected chi connectivity index (χ4v) is 3.99. The third kappa shape index (κ3) is 4.40. The zero-order chi connectivity index (χ0) is 20.1. The Bertz CT molecular complexity index is 1080. The molecule has 4 rings (SSSR count). The predicted molar refractivity (Wildman–Crippen MR) is 119 cm³/mol. The summed E-state index contributed by atoms with van der Waals surface area (Å²) in [5.41, 5.74) is 4.80. The van der Waals surface area contributed by atoms with Gasteiger partial charge in [-0.05, 0) is 29.2 Å². The summed E-state index contributed by atoms with van der Waals surface area (Å²) < 4.78 is 2.15. The second-order valence-corrected chi connectivity index (χ2v) is 7.47. The Hall–Kier alpha value is -3.33. The van der Waals surface area contributed by atoms with Gasteiger partial charge in [-0.15, -0.1) is 0 Å². The van der Waals surface area contributed by atoms with Gasteiger partial charge in [0.2, 0.25) is 5.91 Å². The van der Waals surface area contributed by atoms with Crippen LogP contribution in [0.1, 0.15) is 29.0 Å². The van der Waals surface area contributed by atoms with Crippen LogP contribution in [0.5, 0.6) is 0 Å². The van der Waals surface area contributed by atoms with Gasteiger partial charge in [0.05, 0.1) is 0 Å². The molecule has 3 aromatic carbocycles. The Labute approximate surface area is 172 Å². The first kappa shape index (κ1) is 19.0. The van der Waals surface area contributed by atoms with Gasteiger partial charge in [0, 0.05) is 43.0 Å². The maximum absolute atomic E-state index is 12.8. The van der Waals surface area contributed by atoms with Crippen molar-refractivity contribution in [3.05, 3.63) is 108 Å². The Balaban J connectivity index is 1.54. The molecule has 3 nitrogen and oxygen atoms in total. The van der Waals surface area contributed by atoms with E-state index in [1.807, 2.05) is 36.4 Å². The summed E-state index contributed by atoms with van der Waals surface area (Å²) in [4.78, 5) is 12.8. The van der Waals surface area contributed by atoms with Crippen LogP contribution < -0.4 is 5.32 Å². The second-order valence-electron chi connectivity index (χ2n) is 7.47. The summed E-state index contributed by atoms with van der Waals surface area (Å²) in [6.07, 6.45) is 3.45. The number of carbonyl (C=O) groups is 1. The lowest BCUT2D eigenvalue weighted by molar-refractivity contribution is -0.121. The highest BCUT2D eigenvalue weighted by atomic mass is 16.1. The van der Waals surface area contributed by atoms with Crippen molar-refractivity contribution in [2.45, 2.75) is 18.8 Å². The van der Waals surface area contributed by atoms with Crippen LogP contribution >= 0.6 is 0 Å². The Morgan fingerprint density at radius 3 is 2.31 bits per heavy atom. The summed E-state index contributed by atoms with van der Waals surface area (Å²) in [6.45, 7) is 0.653. The van der Waals surface area contributed by atoms with Crippen molar-refractivity contribution in [2.75, 3.05) is 6.54 Å². The number of benzene rings is 3. The van der Waals surface area contributed by atoms with Gasteiger partial charge in [-0.1, -0.05) is 78.9 Å². The monoisotopic (exact) mass is 382 g/mol. The third-order valence-corrected chi connectivity index (χ3v) is 5.47. The summed E-state index contributed by atoms with van der Waals surface area (Å²) in [5.74, 6) is 0.113. The van der Waals surface area contributed by atoms with E-state index in [1.165, 1.54) is 27.6 Å². The summed E-state index contributed by atoms with van der Waals surface area (Å²) in [6, 6.07) is 29.0. The summed E-state index contributed by atoms with van der Waals surface area (Å²) in [7, 11) is 2.06. The zero-order valence-electron chi connectivity index (χ0n) is 16.7. The number of hydrogen-bond donors (Lipinski definition) is 1. The molecule has 1 unspecified atom stereocenters. The maximum atomic E-state index is 12.8. The molecule has 0 saturated heterocycles. The van der Waals surface area contributed by atoms with Crippen molar-refractivity contribution in [1.29, 1.82) is 0 Å². The average molecular weight is 383 g/mol. The molecule has 0 saturated carbocycles. The molecule has 4 aromatic rings. The lowest BCUT2D eigenvalue weighted by Crippen LogP contribution is -2.27. The van der Waals surface area contributed by atoms with Gasteiger partial charge in [0.25, 0.3) is 0 Å². The molecular weight excluding hydrogens is 356 g/mol. The highest BCUT2D eigenvalue weighted by Crippen LogP contribution is 2.34. The largest absolute Gasteiger partial charge is 0.356 e. The van der Waals surface area contributed by atoms with Gasteiger partial charge < -0.3 is 9.88 Å². The molecular formula is C26H26N2O. The maximum Gasteiger partial charge on any atom is 0.220 e. The molecule has 0 aliphatic rings. The molecule has 1 atom stereocenters. The number of nitrogens with one attached hydrogen (secondary N) is 1. The molecule has 0 aliphatic carbocycles. The lowest BCUT2D eigenvalue weighted by Gasteiger charge is -2.17. The molecule has 1 heterocycles. The van der Waals surface area contributed by atoms with E-state index < -0.39 is 0 Å². The minimum atomic E-state index is 0.0269. The van der Waals surface area contributed by atoms with Crippen LogP contribution in [0.4, 0.5) is 0 Å². The first-order valence-corrected chi connectivity index (χ1v) is 10.1. The molecule has 0 radical (unpaired) electrons. The van der Waals surface area contributed by atoms with Crippen LogP contribution in [0.3, 0.4) is 0 Å². The van der Waals surface area contributed by atoms with E-state index >= 15 is 0 Å². The lowest BCUT2D eigenvalue weighted by atomic mass is 9.88. The van der Waals surface area contributed by atoms with E-state index in [2.05, 4.69) is 71.7 Å². The standard InChI is InChI=1S/C26H26N2O/c1-28-19-24(22-14-8-9-15-25(22)28)23(21-12-6-3-7-13-21)18-26(29)27-17-16-20-10-4-2-5-11-20/h2-15,19,23H,16-18H2,1H3,(H,27,29). The summed E-state index contributed by atoms with van der Waals surface area (Å²) in [5, 5.41) is 4.32. The number of aryl methyl sites for hydroxylation is 1. The molecule has 3 heteroatoms.